The Morgan fingerprint density at radius 2 is 2.06 bits per heavy atom. The molecule has 0 spiro atoms. The summed E-state index contributed by atoms with van der Waals surface area (Å²) in [6.07, 6.45) is 6.22. The molecule has 1 amide bonds. The fourth-order valence-corrected chi connectivity index (χ4v) is 4.40. The Kier molecular flexibility index (Phi) is 5.28. The fraction of sp³-hybridized carbons (Fsp3) is 0.208. The van der Waals surface area contributed by atoms with E-state index in [0.29, 0.717) is 29.4 Å². The molecule has 32 heavy (non-hydrogen) atoms. The number of halogens is 1. The molecule has 162 valence electrons. The lowest BCUT2D eigenvalue weighted by Crippen LogP contribution is -2.35. The van der Waals surface area contributed by atoms with Crippen molar-refractivity contribution in [3.05, 3.63) is 60.0 Å². The van der Waals surface area contributed by atoms with Crippen LogP contribution in [0.15, 0.2) is 55.0 Å². The van der Waals surface area contributed by atoms with Crippen LogP contribution in [0.5, 0.6) is 5.75 Å². The lowest BCUT2D eigenvalue weighted by molar-refractivity contribution is -0.117. The van der Waals surface area contributed by atoms with E-state index < -0.39 is 0 Å². The molecular formula is C24H21ClN4O3. The number of carbonyl (C=O) groups excluding carboxylic acids is 1. The van der Waals surface area contributed by atoms with Gasteiger partial charge in [-0.05, 0) is 42.8 Å². The third-order valence-electron chi connectivity index (χ3n) is 5.81. The van der Waals surface area contributed by atoms with Crippen LogP contribution in [0.3, 0.4) is 0 Å². The van der Waals surface area contributed by atoms with E-state index >= 15 is 0 Å². The van der Waals surface area contributed by atoms with Gasteiger partial charge in [0.25, 0.3) is 0 Å². The Hall–Kier alpha value is -3.42. The number of H-pyrrole nitrogens is 1. The molecule has 4 aromatic rings. The van der Waals surface area contributed by atoms with Gasteiger partial charge in [-0.1, -0.05) is 11.6 Å². The second-order valence-corrected chi connectivity index (χ2v) is 8.17. The van der Waals surface area contributed by atoms with Gasteiger partial charge in [0.05, 0.1) is 31.0 Å². The highest BCUT2D eigenvalue weighted by Crippen LogP contribution is 2.35. The molecule has 1 atom stereocenters. The van der Waals surface area contributed by atoms with Crippen molar-refractivity contribution in [2.45, 2.75) is 18.9 Å². The zero-order chi connectivity index (χ0) is 22.2. The van der Waals surface area contributed by atoms with Gasteiger partial charge in [-0.3, -0.25) is 14.7 Å². The highest BCUT2D eigenvalue weighted by molar-refractivity contribution is 6.34. The van der Waals surface area contributed by atoms with E-state index in [2.05, 4.69) is 15.0 Å². The largest absolute Gasteiger partial charge is 0.495 e. The first-order valence-corrected chi connectivity index (χ1v) is 10.7. The number of hydrogen-bond acceptors (Lipinski definition) is 5. The van der Waals surface area contributed by atoms with E-state index in [1.165, 1.54) is 0 Å². The van der Waals surface area contributed by atoms with Crippen molar-refractivity contribution in [3.63, 3.8) is 0 Å². The number of aromatic nitrogens is 3. The monoisotopic (exact) mass is 448 g/mol. The molecule has 0 aliphatic carbocycles. The number of pyridine rings is 2. The maximum Gasteiger partial charge on any atom is 0.228 e. The summed E-state index contributed by atoms with van der Waals surface area (Å²) in [6, 6.07) is 11.4. The van der Waals surface area contributed by atoms with Gasteiger partial charge in [0, 0.05) is 52.1 Å². The molecule has 0 bridgehead atoms. The fourth-order valence-electron chi connectivity index (χ4n) is 4.13. The standard InChI is InChI=1S/C24H21ClN4O3/c1-32-18-6-16(10-26-12-18)19-7-15-8-21(28-22(15)9-20(19)25)14-2-4-23(27-11-14)29-17(13-30)3-5-24(29)31/h2,4,6-12,17,28,30H,3,5,13H2,1H3. The van der Waals surface area contributed by atoms with Gasteiger partial charge in [0.15, 0.2) is 0 Å². The predicted molar refractivity (Wildman–Crippen MR) is 124 cm³/mol. The Labute approximate surface area is 189 Å². The zero-order valence-electron chi connectivity index (χ0n) is 17.4. The van der Waals surface area contributed by atoms with Crippen molar-refractivity contribution in [2.75, 3.05) is 18.6 Å². The van der Waals surface area contributed by atoms with Gasteiger partial charge in [-0.15, -0.1) is 0 Å². The minimum atomic E-state index is -0.208. The molecule has 1 saturated heterocycles. The second-order valence-electron chi connectivity index (χ2n) is 7.76. The van der Waals surface area contributed by atoms with Crippen LogP contribution < -0.4 is 9.64 Å². The molecule has 4 heterocycles. The van der Waals surface area contributed by atoms with Crippen LogP contribution in [0.2, 0.25) is 5.02 Å². The van der Waals surface area contributed by atoms with Crippen molar-refractivity contribution in [3.8, 4) is 28.1 Å². The van der Waals surface area contributed by atoms with E-state index in [9.17, 15) is 9.90 Å². The van der Waals surface area contributed by atoms with E-state index in [4.69, 9.17) is 16.3 Å². The SMILES string of the molecule is COc1cncc(-c2cc3cc(-c4ccc(N5C(=O)CCC5CO)nc4)[nH]c3cc2Cl)c1. The van der Waals surface area contributed by atoms with E-state index in [-0.39, 0.29) is 18.6 Å². The number of fused-ring (bicyclic) bond motifs is 1. The van der Waals surface area contributed by atoms with Gasteiger partial charge in [-0.25, -0.2) is 4.98 Å². The molecule has 5 rings (SSSR count). The van der Waals surface area contributed by atoms with Gasteiger partial charge in [0.1, 0.15) is 11.6 Å². The number of rotatable bonds is 5. The number of aliphatic hydroxyl groups is 1. The number of benzene rings is 1. The molecule has 0 radical (unpaired) electrons. The first-order valence-electron chi connectivity index (χ1n) is 10.3. The van der Waals surface area contributed by atoms with Crippen LogP contribution >= 0.6 is 11.6 Å². The summed E-state index contributed by atoms with van der Waals surface area (Å²) in [6.45, 7) is -0.0664. The smallest absolute Gasteiger partial charge is 0.228 e. The van der Waals surface area contributed by atoms with Crippen molar-refractivity contribution in [1.29, 1.82) is 0 Å². The Morgan fingerprint density at radius 3 is 2.81 bits per heavy atom. The van der Waals surface area contributed by atoms with Crippen LogP contribution in [0, 0.1) is 0 Å². The van der Waals surface area contributed by atoms with Gasteiger partial charge >= 0.3 is 0 Å². The van der Waals surface area contributed by atoms with E-state index in [1.54, 1.807) is 30.6 Å². The lowest BCUT2D eigenvalue weighted by Gasteiger charge is -2.22. The first-order chi connectivity index (χ1) is 15.6. The van der Waals surface area contributed by atoms with E-state index in [1.807, 2.05) is 36.4 Å². The van der Waals surface area contributed by atoms with Crippen molar-refractivity contribution < 1.29 is 14.6 Å². The van der Waals surface area contributed by atoms with Crippen LogP contribution in [-0.2, 0) is 4.79 Å². The molecule has 1 aromatic carbocycles. The Morgan fingerprint density at radius 1 is 1.19 bits per heavy atom. The number of amides is 1. The minimum absolute atomic E-state index is 0.0101. The average Bonchev–Trinajstić information content (AvgIpc) is 3.41. The van der Waals surface area contributed by atoms with Crippen molar-refractivity contribution >= 4 is 34.2 Å². The topological polar surface area (TPSA) is 91.3 Å². The molecule has 0 saturated carbocycles. The van der Waals surface area contributed by atoms with Crippen LogP contribution in [0.1, 0.15) is 12.8 Å². The summed E-state index contributed by atoms with van der Waals surface area (Å²) in [7, 11) is 1.60. The molecule has 7 nitrogen and oxygen atoms in total. The quantitative estimate of drug-likeness (QED) is 0.471. The molecular weight excluding hydrogens is 428 g/mol. The molecule has 1 aliphatic rings. The molecule has 2 N–H and O–H groups in total. The summed E-state index contributed by atoms with van der Waals surface area (Å²) in [5.74, 6) is 1.21. The number of methoxy groups -OCH3 is 1. The highest BCUT2D eigenvalue weighted by Gasteiger charge is 2.32. The number of aliphatic hydroxyl groups excluding tert-OH is 1. The van der Waals surface area contributed by atoms with E-state index in [0.717, 1.165) is 33.3 Å². The van der Waals surface area contributed by atoms with Crippen molar-refractivity contribution in [2.24, 2.45) is 0 Å². The molecule has 8 heteroatoms. The van der Waals surface area contributed by atoms with Crippen LogP contribution in [-0.4, -0.2) is 45.7 Å². The maximum absolute atomic E-state index is 12.2. The number of anilines is 1. The summed E-state index contributed by atoms with van der Waals surface area (Å²) in [5.41, 5.74) is 4.43. The highest BCUT2D eigenvalue weighted by atomic mass is 35.5. The number of aromatic amines is 1. The van der Waals surface area contributed by atoms with Crippen molar-refractivity contribution in [1.82, 2.24) is 15.0 Å². The summed E-state index contributed by atoms with van der Waals surface area (Å²) in [4.78, 5) is 25.9. The maximum atomic E-state index is 12.2. The van der Waals surface area contributed by atoms with Crippen LogP contribution in [0.4, 0.5) is 5.82 Å². The third-order valence-corrected chi connectivity index (χ3v) is 6.12. The zero-order valence-corrected chi connectivity index (χ0v) is 18.1. The number of hydrogen-bond donors (Lipinski definition) is 2. The van der Waals surface area contributed by atoms with Gasteiger partial charge in [0.2, 0.25) is 5.91 Å². The predicted octanol–water partition coefficient (Wildman–Crippen LogP) is 4.44. The average molecular weight is 449 g/mol. The molecule has 1 unspecified atom stereocenters. The lowest BCUT2D eigenvalue weighted by atomic mass is 10.1. The Bertz CT molecular complexity index is 1300. The number of ether oxygens (including phenoxy) is 1. The summed E-state index contributed by atoms with van der Waals surface area (Å²) < 4.78 is 5.28. The number of carbonyl (C=O) groups is 1. The van der Waals surface area contributed by atoms with Gasteiger partial charge < -0.3 is 14.8 Å². The normalized spacial score (nSPS) is 16.2. The molecule has 3 aromatic heterocycles. The third kappa shape index (κ3) is 3.59. The number of nitrogens with zero attached hydrogens (tertiary/aromatic N) is 3. The number of nitrogens with one attached hydrogen (secondary N) is 1. The summed E-state index contributed by atoms with van der Waals surface area (Å²) >= 11 is 6.56. The first kappa shape index (κ1) is 20.5. The Balaban J connectivity index is 1.48. The van der Waals surface area contributed by atoms with Crippen LogP contribution in [0.25, 0.3) is 33.3 Å². The second kappa shape index (κ2) is 8.26. The minimum Gasteiger partial charge on any atom is -0.495 e. The molecule has 1 aliphatic heterocycles. The van der Waals surface area contributed by atoms with Gasteiger partial charge in [-0.2, -0.15) is 0 Å². The molecule has 1 fully saturated rings. The summed E-state index contributed by atoms with van der Waals surface area (Å²) in [5, 5.41) is 11.1.